The summed E-state index contributed by atoms with van der Waals surface area (Å²) in [4.78, 5) is 69.0. The van der Waals surface area contributed by atoms with Gasteiger partial charge in [0, 0.05) is 25.7 Å². The summed E-state index contributed by atoms with van der Waals surface area (Å²) in [6.45, 7) is 3.97. The highest BCUT2D eigenvalue weighted by Gasteiger charge is 2.30. The molecule has 0 rings (SSSR count). The number of esters is 4. The predicted molar refractivity (Wildman–Crippen MR) is 197 cm³/mol. The van der Waals surface area contributed by atoms with Crippen molar-refractivity contribution in [3.63, 3.8) is 0 Å². The molecule has 0 aliphatic rings. The van der Waals surface area contributed by atoms with Crippen LogP contribution in [-0.2, 0) is 65.4 Å². The summed E-state index contributed by atoms with van der Waals surface area (Å²) in [6.07, 6.45) is 7.78. The molecule has 2 unspecified atom stereocenters. The van der Waals surface area contributed by atoms with Crippen molar-refractivity contribution in [2.45, 2.75) is 162 Å². The quantitative estimate of drug-likeness (QED) is 0.0260. The highest BCUT2D eigenvalue weighted by atomic mass is 31.2. The molecule has 0 spiro atoms. The smallest absolute Gasteiger partial charge is 0.462 e. The Bertz CT molecular complexity index is 1090. The molecule has 17 nitrogen and oxygen atoms in total. The van der Waals surface area contributed by atoms with Crippen LogP contribution in [0.4, 0.5) is 0 Å². The van der Waals surface area contributed by atoms with Gasteiger partial charge >= 0.3 is 39.5 Å². The molecule has 54 heavy (non-hydrogen) atoms. The topological polar surface area (TPSA) is 237 Å². The molecule has 0 saturated carbocycles. The lowest BCUT2D eigenvalue weighted by Gasteiger charge is -2.21. The lowest BCUT2D eigenvalue weighted by atomic mass is 10.1. The largest absolute Gasteiger partial charge is 0.472 e. The third kappa shape index (κ3) is 31.3. The van der Waals surface area contributed by atoms with E-state index in [9.17, 15) is 43.2 Å². The normalized spacial score (nSPS) is 15.3. The lowest BCUT2D eigenvalue weighted by Crippen LogP contribution is -2.30. The maximum Gasteiger partial charge on any atom is 0.472 e. The van der Waals surface area contributed by atoms with Crippen LogP contribution in [0.3, 0.4) is 0 Å². The monoisotopic (exact) mass is 820 g/mol. The van der Waals surface area contributed by atoms with Gasteiger partial charge in [-0.3, -0.25) is 37.3 Å². The summed E-state index contributed by atoms with van der Waals surface area (Å²) in [7, 11) is -9.77. The Morgan fingerprint density at radius 2 is 0.759 bits per heavy atom. The van der Waals surface area contributed by atoms with Gasteiger partial charge in [-0.25, -0.2) is 9.13 Å². The van der Waals surface area contributed by atoms with E-state index in [4.69, 9.17) is 37.0 Å². The summed E-state index contributed by atoms with van der Waals surface area (Å²) >= 11 is 0. The van der Waals surface area contributed by atoms with Crippen molar-refractivity contribution in [1.29, 1.82) is 0 Å². The van der Waals surface area contributed by atoms with Crippen molar-refractivity contribution < 1.29 is 80.2 Å². The predicted octanol–water partition coefficient (Wildman–Crippen LogP) is 6.63. The van der Waals surface area contributed by atoms with E-state index >= 15 is 0 Å². The van der Waals surface area contributed by atoms with Crippen molar-refractivity contribution >= 4 is 39.5 Å². The standard InChI is InChI=1S/C35H66O17P2/c1-5-9-13-15-18-22-35(40)52-30(25-45-32(37)19-12-8-4)27-49-53(41,42)47-23-29(36)24-48-54(43,44)50-28-31(51-34(39)21-16-11-7-3)26-46-33(38)20-17-14-10-6-2/h29-31,36H,5-28H2,1-4H3,(H,41,42)(H,43,44)/t29-,30+,31+/m0/s1. The van der Waals surface area contributed by atoms with Crippen molar-refractivity contribution in [2.24, 2.45) is 0 Å². The zero-order valence-corrected chi connectivity index (χ0v) is 34.4. The maximum atomic E-state index is 12.5. The average Bonchev–Trinajstić information content (AvgIpc) is 3.13. The van der Waals surface area contributed by atoms with E-state index < -0.39 is 97.5 Å². The number of ether oxygens (including phenoxy) is 4. The Balaban J connectivity index is 5.01. The molecule has 0 fully saturated rings. The SMILES string of the molecule is CCCCCCCC(=O)O[C@H](COC(=O)CCCC)COP(=O)(O)OC[C@H](O)COP(=O)(O)OC[C@@H](COC(=O)CCCCCC)OC(=O)CCCCC. The van der Waals surface area contributed by atoms with Gasteiger partial charge in [-0.15, -0.1) is 0 Å². The van der Waals surface area contributed by atoms with Gasteiger partial charge in [0.05, 0.1) is 26.4 Å². The second kappa shape index (κ2) is 32.2. The maximum absolute atomic E-state index is 12.5. The lowest BCUT2D eigenvalue weighted by molar-refractivity contribution is -0.161. The fraction of sp³-hybridized carbons (Fsp3) is 0.886. The second-order valence-corrected chi connectivity index (χ2v) is 15.8. The first-order valence-electron chi connectivity index (χ1n) is 19.3. The van der Waals surface area contributed by atoms with Gasteiger partial charge < -0.3 is 33.8 Å². The first-order valence-corrected chi connectivity index (χ1v) is 22.3. The van der Waals surface area contributed by atoms with Gasteiger partial charge in [0.2, 0.25) is 0 Å². The molecule has 0 aliphatic heterocycles. The molecule has 0 amide bonds. The zero-order valence-electron chi connectivity index (χ0n) is 32.7. The summed E-state index contributed by atoms with van der Waals surface area (Å²) in [5, 5.41) is 10.2. The Labute approximate surface area is 320 Å². The summed E-state index contributed by atoms with van der Waals surface area (Å²) in [5.74, 6) is -2.27. The van der Waals surface area contributed by atoms with Crippen LogP contribution in [0.1, 0.15) is 143 Å². The Morgan fingerprint density at radius 1 is 0.444 bits per heavy atom. The molecule has 0 heterocycles. The van der Waals surface area contributed by atoms with E-state index in [0.717, 1.165) is 64.2 Å². The third-order valence-corrected chi connectivity index (χ3v) is 9.50. The van der Waals surface area contributed by atoms with Crippen LogP contribution in [0.2, 0.25) is 0 Å². The number of unbranched alkanes of at least 4 members (excludes halogenated alkanes) is 10. The number of carbonyl (C=O) groups excluding carboxylic acids is 4. The minimum Gasteiger partial charge on any atom is -0.462 e. The van der Waals surface area contributed by atoms with Gasteiger partial charge in [0.15, 0.2) is 12.2 Å². The van der Waals surface area contributed by atoms with Gasteiger partial charge in [-0.2, -0.15) is 0 Å². The minimum atomic E-state index is -4.88. The Hall–Kier alpha value is -1.94. The summed E-state index contributed by atoms with van der Waals surface area (Å²) in [6, 6.07) is 0. The minimum absolute atomic E-state index is 0.0880. The number of rotatable bonds is 36. The number of phosphoric acid groups is 2. The van der Waals surface area contributed by atoms with E-state index in [0.29, 0.717) is 25.7 Å². The molecule has 19 heteroatoms. The molecule has 0 aromatic heterocycles. The number of carbonyl (C=O) groups is 4. The van der Waals surface area contributed by atoms with Crippen molar-refractivity contribution in [3.05, 3.63) is 0 Å². The average molecular weight is 821 g/mol. The van der Waals surface area contributed by atoms with Crippen LogP contribution in [0, 0.1) is 0 Å². The van der Waals surface area contributed by atoms with Gasteiger partial charge in [-0.1, -0.05) is 91.9 Å². The fourth-order valence-corrected chi connectivity index (χ4v) is 6.06. The molecule has 0 aromatic rings. The van der Waals surface area contributed by atoms with Crippen molar-refractivity contribution in [1.82, 2.24) is 0 Å². The zero-order chi connectivity index (χ0) is 40.7. The van der Waals surface area contributed by atoms with E-state index in [1.807, 2.05) is 20.8 Å². The van der Waals surface area contributed by atoms with Gasteiger partial charge in [0.25, 0.3) is 0 Å². The molecule has 0 radical (unpaired) electrons. The molecular formula is C35H66O17P2. The third-order valence-electron chi connectivity index (χ3n) is 7.60. The molecule has 3 N–H and O–H groups in total. The van der Waals surface area contributed by atoms with E-state index in [2.05, 4.69) is 6.92 Å². The van der Waals surface area contributed by atoms with Gasteiger partial charge in [-0.05, 0) is 25.7 Å². The molecule has 0 aliphatic carbocycles. The van der Waals surface area contributed by atoms with Crippen LogP contribution < -0.4 is 0 Å². The first-order chi connectivity index (χ1) is 25.7. The number of aliphatic hydroxyl groups is 1. The summed E-state index contributed by atoms with van der Waals surface area (Å²) < 4.78 is 65.3. The van der Waals surface area contributed by atoms with Gasteiger partial charge in [0.1, 0.15) is 19.3 Å². The van der Waals surface area contributed by atoms with Crippen LogP contribution in [0.25, 0.3) is 0 Å². The highest BCUT2D eigenvalue weighted by Crippen LogP contribution is 2.45. The Morgan fingerprint density at radius 3 is 1.19 bits per heavy atom. The second-order valence-electron chi connectivity index (χ2n) is 12.9. The Kier molecular flexibility index (Phi) is 31.0. The van der Waals surface area contributed by atoms with Crippen LogP contribution in [-0.4, -0.2) is 96.7 Å². The fourth-order valence-electron chi connectivity index (χ4n) is 4.49. The molecule has 318 valence electrons. The van der Waals surface area contributed by atoms with E-state index in [-0.39, 0.29) is 25.7 Å². The van der Waals surface area contributed by atoms with Crippen LogP contribution >= 0.6 is 15.6 Å². The molecule has 0 bridgehead atoms. The van der Waals surface area contributed by atoms with Crippen molar-refractivity contribution in [2.75, 3.05) is 39.6 Å². The summed E-state index contributed by atoms with van der Waals surface area (Å²) in [5.41, 5.74) is 0. The number of hydrogen-bond acceptors (Lipinski definition) is 15. The van der Waals surface area contributed by atoms with Crippen LogP contribution in [0.5, 0.6) is 0 Å². The first kappa shape index (κ1) is 52.1. The van der Waals surface area contributed by atoms with Crippen LogP contribution in [0.15, 0.2) is 0 Å². The number of hydrogen-bond donors (Lipinski definition) is 3. The molecule has 0 saturated heterocycles. The molecular weight excluding hydrogens is 754 g/mol. The molecule has 0 aromatic carbocycles. The van der Waals surface area contributed by atoms with E-state index in [1.165, 1.54) is 0 Å². The van der Waals surface area contributed by atoms with Crippen molar-refractivity contribution in [3.8, 4) is 0 Å². The van der Waals surface area contributed by atoms with E-state index in [1.54, 1.807) is 0 Å². The molecule has 5 atom stereocenters. The number of aliphatic hydroxyl groups excluding tert-OH is 1. The number of phosphoric ester groups is 2. The highest BCUT2D eigenvalue weighted by molar-refractivity contribution is 7.47.